The second kappa shape index (κ2) is 13.3. The van der Waals surface area contributed by atoms with E-state index in [0.29, 0.717) is 55.5 Å². The van der Waals surface area contributed by atoms with E-state index in [9.17, 15) is 19.5 Å². The molecule has 1 N–H and O–H groups in total. The summed E-state index contributed by atoms with van der Waals surface area (Å²) < 4.78 is 33.6. The zero-order valence-electron chi connectivity index (χ0n) is 29.3. The van der Waals surface area contributed by atoms with Crippen molar-refractivity contribution in [2.75, 3.05) is 26.4 Å². The van der Waals surface area contributed by atoms with Crippen LogP contribution in [-0.2, 0) is 42.8 Å². The van der Waals surface area contributed by atoms with E-state index in [-0.39, 0.29) is 100 Å². The molecule has 0 aromatic heterocycles. The maximum atomic E-state index is 12.7. The summed E-state index contributed by atoms with van der Waals surface area (Å²) in [5.41, 5.74) is -0.746. The SMILES string of the molecule is CC1(C)OCC(COC(=O)C23CC4CC(C2)C(=O)C(C4)C3)O1.CC1(C)OCC(COC(=O)C23CC4CC(C2)C(O)C(C4)C3)O1.[B].[H-].[Na+]. The predicted molar refractivity (Wildman–Crippen MR) is 162 cm³/mol. The maximum absolute atomic E-state index is 12.7. The van der Waals surface area contributed by atoms with Gasteiger partial charge in [0.2, 0.25) is 0 Å². The second-order valence-electron chi connectivity index (χ2n) is 16.4. The van der Waals surface area contributed by atoms with Crippen molar-refractivity contribution >= 4 is 26.1 Å². The second-order valence-corrected chi connectivity index (χ2v) is 16.4. The number of ether oxygens (including phenoxy) is 6. The van der Waals surface area contributed by atoms with Gasteiger partial charge in [-0.25, -0.2) is 0 Å². The minimum Gasteiger partial charge on any atom is -1.00 e. The summed E-state index contributed by atoms with van der Waals surface area (Å²) in [6, 6.07) is 0. The largest absolute Gasteiger partial charge is 1.00 e. The smallest absolute Gasteiger partial charge is 1.00 e. The van der Waals surface area contributed by atoms with Crippen LogP contribution >= 0.6 is 0 Å². The van der Waals surface area contributed by atoms with Gasteiger partial charge in [0.15, 0.2) is 11.6 Å². The molecule has 8 bridgehead atoms. The average Bonchev–Trinajstić information content (AvgIpc) is 3.50. The van der Waals surface area contributed by atoms with Gasteiger partial charge in [-0.3, -0.25) is 14.4 Å². The van der Waals surface area contributed by atoms with E-state index in [4.69, 9.17) is 28.4 Å². The number of carbonyl (C=O) groups excluding carboxylic acids is 3. The van der Waals surface area contributed by atoms with Crippen LogP contribution in [0.5, 0.6) is 0 Å². The van der Waals surface area contributed by atoms with Crippen molar-refractivity contribution in [3.8, 4) is 0 Å². The number of Topliss-reactive ketones (excluding diaryl/α,β-unsaturated/α-hetero) is 1. The van der Waals surface area contributed by atoms with Gasteiger partial charge in [0, 0.05) is 20.2 Å². The Morgan fingerprint density at radius 3 is 1.57 bits per heavy atom. The molecule has 46 heavy (non-hydrogen) atoms. The Kier molecular flexibility index (Phi) is 10.6. The molecule has 2 heterocycles. The van der Waals surface area contributed by atoms with E-state index >= 15 is 0 Å². The normalized spacial score (nSPS) is 44.9. The van der Waals surface area contributed by atoms with Gasteiger partial charge < -0.3 is 35.0 Å². The summed E-state index contributed by atoms with van der Waals surface area (Å²) in [7, 11) is 0. The zero-order valence-corrected chi connectivity index (χ0v) is 30.3. The fraction of sp³-hybridized carbons (Fsp3) is 0.912. The molecule has 8 aliphatic carbocycles. The molecule has 10 nitrogen and oxygen atoms in total. The molecule has 10 aliphatic rings. The molecule has 6 unspecified atom stereocenters. The van der Waals surface area contributed by atoms with Crippen molar-refractivity contribution in [1.82, 2.24) is 0 Å². The van der Waals surface area contributed by atoms with E-state index in [1.807, 2.05) is 27.7 Å². The number of carbonyl (C=O) groups is 3. The van der Waals surface area contributed by atoms with Gasteiger partial charge in [-0.15, -0.1) is 0 Å². The van der Waals surface area contributed by atoms with Gasteiger partial charge >= 0.3 is 41.5 Å². The number of esters is 2. The Hall–Kier alpha value is -0.525. The van der Waals surface area contributed by atoms with Crippen LogP contribution in [0.2, 0.25) is 0 Å². The van der Waals surface area contributed by atoms with Gasteiger partial charge in [-0.05, 0) is 116 Å². The summed E-state index contributed by atoms with van der Waals surface area (Å²) in [4.78, 5) is 37.6. The molecule has 251 valence electrons. The molecular weight excluding hydrogens is 602 g/mol. The first-order valence-corrected chi connectivity index (χ1v) is 16.9. The Bertz CT molecular complexity index is 1150. The number of hydrogen-bond donors (Lipinski definition) is 1. The third kappa shape index (κ3) is 7.05. The van der Waals surface area contributed by atoms with Gasteiger partial charge in [0.1, 0.15) is 31.2 Å². The fourth-order valence-electron chi connectivity index (χ4n) is 10.6. The van der Waals surface area contributed by atoms with E-state index in [0.717, 1.165) is 51.4 Å². The molecule has 6 atom stereocenters. The number of aliphatic hydroxyl groups excluding tert-OH is 1. The molecule has 0 aromatic carbocycles. The fourth-order valence-corrected chi connectivity index (χ4v) is 10.6. The molecule has 0 spiro atoms. The molecule has 0 aromatic rings. The molecule has 10 fully saturated rings. The molecule has 0 amide bonds. The number of ketones is 1. The monoisotopic (exact) mass is 653 g/mol. The molecule has 3 radical (unpaired) electrons. The Morgan fingerprint density at radius 1 is 0.739 bits per heavy atom. The van der Waals surface area contributed by atoms with Crippen molar-refractivity contribution in [2.24, 2.45) is 46.3 Å². The van der Waals surface area contributed by atoms with Crippen molar-refractivity contribution < 1.29 is 78.9 Å². The Labute approximate surface area is 298 Å². The third-order valence-corrected chi connectivity index (χ3v) is 12.0. The minimum atomic E-state index is -0.593. The summed E-state index contributed by atoms with van der Waals surface area (Å²) in [5, 5.41) is 10.3. The Balaban J connectivity index is 0.000000200. The quantitative estimate of drug-likeness (QED) is 0.323. The summed E-state index contributed by atoms with van der Waals surface area (Å²) in [6.07, 6.45) is 8.42. The van der Waals surface area contributed by atoms with E-state index in [2.05, 4.69) is 0 Å². The van der Waals surface area contributed by atoms with Crippen LogP contribution < -0.4 is 29.6 Å². The minimum absolute atomic E-state index is 0. The average molecular weight is 654 g/mol. The van der Waals surface area contributed by atoms with Crippen LogP contribution in [0.3, 0.4) is 0 Å². The van der Waals surface area contributed by atoms with Gasteiger partial charge in [-0.2, -0.15) is 0 Å². The number of aliphatic hydroxyl groups is 1. The van der Waals surface area contributed by atoms with Crippen LogP contribution in [0.4, 0.5) is 0 Å². The molecule has 12 heteroatoms. The molecule has 8 saturated carbocycles. The first kappa shape index (κ1) is 36.7. The third-order valence-electron chi connectivity index (χ3n) is 12.0. The van der Waals surface area contributed by atoms with Gasteiger partial charge in [0.05, 0.1) is 30.1 Å². The van der Waals surface area contributed by atoms with Crippen molar-refractivity contribution in [2.45, 2.75) is 122 Å². The topological polar surface area (TPSA) is 127 Å². The Morgan fingerprint density at radius 2 is 1.15 bits per heavy atom. The first-order chi connectivity index (χ1) is 20.7. The summed E-state index contributed by atoms with van der Waals surface area (Å²) >= 11 is 0. The van der Waals surface area contributed by atoms with Gasteiger partial charge in [-0.1, -0.05) is 0 Å². The standard InChI is InChI=1S/C17H26O5.C17H24O5.B.Na.H/c2*1-16(2)21-9-13(22-16)8-20-15(19)17-5-10-3-11(6-17)14(18)12(4-10)7-17;;;/h10-14,18H,3-9H2,1-2H3;10-13H,3-9H2,1-2H3;;;/q;;;+1;-1. The van der Waals surface area contributed by atoms with E-state index in [1.54, 1.807) is 0 Å². The first-order valence-electron chi connectivity index (χ1n) is 16.9. The molecular formula is C34H51BNaO10. The maximum Gasteiger partial charge on any atom is 1.00 e. The van der Waals surface area contributed by atoms with Crippen LogP contribution in [0, 0.1) is 46.3 Å². The van der Waals surface area contributed by atoms with Crippen LogP contribution in [0.1, 0.15) is 93.3 Å². The van der Waals surface area contributed by atoms with E-state index < -0.39 is 17.0 Å². The molecule has 2 aliphatic heterocycles. The van der Waals surface area contributed by atoms with Crippen LogP contribution in [0.25, 0.3) is 0 Å². The van der Waals surface area contributed by atoms with Crippen LogP contribution in [0.15, 0.2) is 0 Å². The molecule has 2 saturated heterocycles. The van der Waals surface area contributed by atoms with Crippen molar-refractivity contribution in [3.05, 3.63) is 0 Å². The number of rotatable bonds is 6. The zero-order chi connectivity index (χ0) is 31.1. The summed E-state index contributed by atoms with van der Waals surface area (Å²) in [5.74, 6) is 0.950. The summed E-state index contributed by atoms with van der Waals surface area (Å²) in [6.45, 7) is 8.91. The van der Waals surface area contributed by atoms with Gasteiger partial charge in [0.25, 0.3) is 0 Å². The van der Waals surface area contributed by atoms with Crippen molar-refractivity contribution in [1.29, 1.82) is 0 Å². The van der Waals surface area contributed by atoms with Crippen LogP contribution in [-0.4, -0.2) is 87.6 Å². The van der Waals surface area contributed by atoms with Crippen molar-refractivity contribution in [3.63, 3.8) is 0 Å². The predicted octanol–water partition coefficient (Wildman–Crippen LogP) is 0.681. The number of hydrogen-bond acceptors (Lipinski definition) is 10. The van der Waals surface area contributed by atoms with E-state index in [1.165, 1.54) is 0 Å². The molecule has 10 rings (SSSR count).